The SMILES string of the molecule is CCOc1cc(/C=C2\SC(=S)N(c3cccc(SC)c3)C2=O)ccc1OC(F)F. The summed E-state index contributed by atoms with van der Waals surface area (Å²) in [6, 6.07) is 12.1. The van der Waals surface area contributed by atoms with Gasteiger partial charge in [0.05, 0.1) is 17.2 Å². The monoisotopic (exact) mass is 453 g/mol. The Morgan fingerprint density at radius 3 is 2.72 bits per heavy atom. The first-order valence-corrected chi connectivity index (χ1v) is 11.0. The Balaban J connectivity index is 1.89. The highest BCUT2D eigenvalue weighted by Crippen LogP contribution is 2.38. The standard InChI is InChI=1S/C20H17F2NO3S3/c1-3-25-16-9-12(7-8-15(16)26-19(21)22)10-17-18(24)23(20(27)29-17)13-5-4-6-14(11-13)28-2/h4-11,19H,3H2,1-2H3/b17-10-. The number of thioether (sulfide) groups is 2. The molecular weight excluding hydrogens is 436 g/mol. The highest BCUT2D eigenvalue weighted by molar-refractivity contribution is 8.27. The number of hydrogen-bond acceptors (Lipinski definition) is 6. The van der Waals surface area contributed by atoms with Gasteiger partial charge in [-0.1, -0.05) is 36.1 Å². The molecular formula is C20H17F2NO3S3. The zero-order valence-corrected chi connectivity index (χ0v) is 18.0. The van der Waals surface area contributed by atoms with E-state index in [-0.39, 0.29) is 24.0 Å². The highest BCUT2D eigenvalue weighted by atomic mass is 32.2. The summed E-state index contributed by atoms with van der Waals surface area (Å²) in [7, 11) is 0. The molecule has 0 radical (unpaired) electrons. The van der Waals surface area contributed by atoms with Gasteiger partial charge in [0.1, 0.15) is 0 Å². The van der Waals surface area contributed by atoms with E-state index in [1.54, 1.807) is 36.9 Å². The van der Waals surface area contributed by atoms with E-state index in [2.05, 4.69) is 4.74 Å². The molecule has 3 rings (SSSR count). The Kier molecular flexibility index (Phi) is 7.15. The molecule has 152 valence electrons. The van der Waals surface area contributed by atoms with Crippen LogP contribution in [0.2, 0.25) is 0 Å². The first-order chi connectivity index (χ1) is 13.9. The molecule has 0 spiro atoms. The molecule has 1 aliphatic rings. The number of amides is 1. The van der Waals surface area contributed by atoms with Crippen molar-refractivity contribution in [1.82, 2.24) is 0 Å². The summed E-state index contributed by atoms with van der Waals surface area (Å²) in [6.45, 7) is -0.919. The number of rotatable bonds is 7. The molecule has 0 aliphatic carbocycles. The Hall–Kier alpha value is -2.10. The van der Waals surface area contributed by atoms with Crippen molar-refractivity contribution in [3.8, 4) is 11.5 Å². The fraction of sp³-hybridized carbons (Fsp3) is 0.200. The van der Waals surface area contributed by atoms with Crippen molar-refractivity contribution >= 4 is 57.7 Å². The molecule has 9 heteroatoms. The third-order valence-electron chi connectivity index (χ3n) is 3.89. The third kappa shape index (κ3) is 5.09. The number of nitrogens with zero attached hydrogens (tertiary/aromatic N) is 1. The predicted molar refractivity (Wildman–Crippen MR) is 118 cm³/mol. The van der Waals surface area contributed by atoms with E-state index in [1.165, 1.54) is 22.7 Å². The van der Waals surface area contributed by atoms with Gasteiger partial charge in [-0.3, -0.25) is 9.69 Å². The van der Waals surface area contributed by atoms with Crippen LogP contribution in [0.1, 0.15) is 12.5 Å². The Morgan fingerprint density at radius 2 is 2.03 bits per heavy atom. The first kappa shape index (κ1) is 21.6. The minimum Gasteiger partial charge on any atom is -0.490 e. The van der Waals surface area contributed by atoms with Gasteiger partial charge in [-0.25, -0.2) is 0 Å². The van der Waals surface area contributed by atoms with Crippen LogP contribution >= 0.6 is 35.7 Å². The minimum atomic E-state index is -2.95. The summed E-state index contributed by atoms with van der Waals surface area (Å²) in [5.41, 5.74) is 1.33. The number of carbonyl (C=O) groups excluding carboxylic acids is 1. The summed E-state index contributed by atoms with van der Waals surface area (Å²) >= 11 is 8.17. The maximum absolute atomic E-state index is 12.9. The highest BCUT2D eigenvalue weighted by Gasteiger charge is 2.33. The van der Waals surface area contributed by atoms with Gasteiger partial charge < -0.3 is 9.47 Å². The second kappa shape index (κ2) is 9.60. The quantitative estimate of drug-likeness (QED) is 0.299. The molecule has 0 aromatic heterocycles. The van der Waals surface area contributed by atoms with Crippen molar-refractivity contribution in [2.24, 2.45) is 0 Å². The van der Waals surface area contributed by atoms with E-state index < -0.39 is 6.61 Å². The van der Waals surface area contributed by atoms with Crippen molar-refractivity contribution < 1.29 is 23.0 Å². The molecule has 1 fully saturated rings. The largest absolute Gasteiger partial charge is 0.490 e. The fourth-order valence-electron chi connectivity index (χ4n) is 2.67. The second-order valence-electron chi connectivity index (χ2n) is 5.74. The third-order valence-corrected chi connectivity index (χ3v) is 5.91. The molecule has 0 unspecified atom stereocenters. The maximum atomic E-state index is 12.9. The molecule has 1 heterocycles. The van der Waals surface area contributed by atoms with Crippen molar-refractivity contribution in [2.75, 3.05) is 17.8 Å². The van der Waals surface area contributed by atoms with Gasteiger partial charge in [-0.15, -0.1) is 11.8 Å². The first-order valence-electron chi connectivity index (χ1n) is 8.56. The van der Waals surface area contributed by atoms with Gasteiger partial charge in [0, 0.05) is 4.90 Å². The number of alkyl halides is 2. The molecule has 0 bridgehead atoms. The number of anilines is 1. The van der Waals surface area contributed by atoms with E-state index in [0.717, 1.165) is 4.90 Å². The second-order valence-corrected chi connectivity index (χ2v) is 8.29. The summed E-state index contributed by atoms with van der Waals surface area (Å²) < 4.78 is 35.4. The molecule has 4 nitrogen and oxygen atoms in total. The van der Waals surface area contributed by atoms with Crippen molar-refractivity contribution in [3.63, 3.8) is 0 Å². The number of ether oxygens (including phenoxy) is 2. The molecule has 2 aromatic rings. The van der Waals surface area contributed by atoms with Crippen LogP contribution in [0.25, 0.3) is 6.08 Å². The van der Waals surface area contributed by atoms with Gasteiger partial charge >= 0.3 is 6.61 Å². The summed E-state index contributed by atoms with van der Waals surface area (Å²) in [6.07, 6.45) is 3.62. The number of thiocarbonyl (C=S) groups is 1. The Morgan fingerprint density at radius 1 is 1.24 bits per heavy atom. The van der Waals surface area contributed by atoms with Crippen molar-refractivity contribution in [3.05, 3.63) is 52.9 Å². The zero-order valence-electron chi connectivity index (χ0n) is 15.6. The lowest BCUT2D eigenvalue weighted by Crippen LogP contribution is -2.27. The van der Waals surface area contributed by atoms with Crippen LogP contribution in [0.3, 0.4) is 0 Å². The lowest BCUT2D eigenvalue weighted by atomic mass is 10.2. The van der Waals surface area contributed by atoms with Gasteiger partial charge in [-0.2, -0.15) is 8.78 Å². The molecule has 1 aliphatic heterocycles. The van der Waals surface area contributed by atoms with E-state index in [9.17, 15) is 13.6 Å². The van der Waals surface area contributed by atoms with Crippen LogP contribution < -0.4 is 14.4 Å². The van der Waals surface area contributed by atoms with Gasteiger partial charge in [0.25, 0.3) is 5.91 Å². The van der Waals surface area contributed by atoms with Gasteiger partial charge in [0.2, 0.25) is 0 Å². The van der Waals surface area contributed by atoms with E-state index in [0.29, 0.717) is 20.5 Å². The smallest absolute Gasteiger partial charge is 0.387 e. The van der Waals surface area contributed by atoms with Crippen molar-refractivity contribution in [2.45, 2.75) is 18.4 Å². The minimum absolute atomic E-state index is 0.0552. The molecule has 1 saturated heterocycles. The lowest BCUT2D eigenvalue weighted by molar-refractivity contribution is -0.113. The maximum Gasteiger partial charge on any atom is 0.387 e. The molecule has 1 amide bonds. The van der Waals surface area contributed by atoms with Crippen LogP contribution in [0.15, 0.2) is 52.3 Å². The van der Waals surface area contributed by atoms with E-state index >= 15 is 0 Å². The van der Waals surface area contributed by atoms with Crippen LogP contribution in [0.4, 0.5) is 14.5 Å². The van der Waals surface area contributed by atoms with Crippen LogP contribution in [0, 0.1) is 0 Å². The van der Waals surface area contributed by atoms with E-state index in [1.807, 2.05) is 30.5 Å². The van der Waals surface area contributed by atoms with Crippen LogP contribution in [0.5, 0.6) is 11.5 Å². The predicted octanol–water partition coefficient (Wildman–Crippen LogP) is 5.81. The van der Waals surface area contributed by atoms with Gasteiger partial charge in [0.15, 0.2) is 15.8 Å². The average Bonchev–Trinajstić information content (AvgIpc) is 2.97. The Labute approximate surface area is 181 Å². The summed E-state index contributed by atoms with van der Waals surface area (Å²) in [5, 5.41) is 0. The molecule has 2 aromatic carbocycles. The number of halogens is 2. The molecule has 29 heavy (non-hydrogen) atoms. The van der Waals surface area contributed by atoms with Crippen LogP contribution in [-0.4, -0.2) is 29.7 Å². The normalized spacial score (nSPS) is 15.5. The van der Waals surface area contributed by atoms with E-state index in [4.69, 9.17) is 17.0 Å². The molecule has 0 N–H and O–H groups in total. The average molecular weight is 454 g/mol. The molecule has 0 atom stereocenters. The fourth-order valence-corrected chi connectivity index (χ4v) is 4.42. The topological polar surface area (TPSA) is 38.8 Å². The molecule has 0 saturated carbocycles. The zero-order chi connectivity index (χ0) is 21.0. The van der Waals surface area contributed by atoms with Gasteiger partial charge in [-0.05, 0) is 55.2 Å². The summed E-state index contributed by atoms with van der Waals surface area (Å²) in [4.78, 5) is 15.9. The Bertz CT molecular complexity index is 966. The lowest BCUT2D eigenvalue weighted by Gasteiger charge is -2.15. The number of carbonyl (C=O) groups is 1. The number of hydrogen-bond donors (Lipinski definition) is 0. The van der Waals surface area contributed by atoms with Crippen molar-refractivity contribution in [1.29, 1.82) is 0 Å². The van der Waals surface area contributed by atoms with Crippen LogP contribution in [-0.2, 0) is 4.79 Å². The summed E-state index contributed by atoms with van der Waals surface area (Å²) in [5.74, 6) is -0.103. The number of benzene rings is 2.